The maximum Gasteiger partial charge on any atom is 0.409 e. The van der Waals surface area contributed by atoms with Crippen molar-refractivity contribution in [3.05, 3.63) is 29.8 Å². The van der Waals surface area contributed by atoms with Gasteiger partial charge in [-0.15, -0.1) is 0 Å². The molecule has 0 N–H and O–H groups in total. The van der Waals surface area contributed by atoms with Gasteiger partial charge in [0.15, 0.2) is 6.61 Å². The number of carbonyl (C=O) groups is 2. The zero-order chi connectivity index (χ0) is 19.1. The fourth-order valence-corrected chi connectivity index (χ4v) is 2.96. The highest BCUT2D eigenvalue weighted by Gasteiger charge is 2.41. The van der Waals surface area contributed by atoms with Crippen LogP contribution in [0, 0.1) is 23.2 Å². The molecule has 1 aliphatic heterocycles. The van der Waals surface area contributed by atoms with Crippen LogP contribution in [0.5, 0.6) is 5.75 Å². The topological polar surface area (TPSA) is 88.9 Å². The Hall–Kier alpha value is -2.75. The van der Waals surface area contributed by atoms with Crippen LogP contribution >= 0.6 is 0 Å². The van der Waals surface area contributed by atoms with Gasteiger partial charge >= 0.3 is 12.1 Å². The van der Waals surface area contributed by atoms with E-state index in [4.69, 9.17) is 19.5 Å². The van der Waals surface area contributed by atoms with Crippen LogP contribution in [0.1, 0.15) is 25.3 Å². The van der Waals surface area contributed by atoms with Crippen molar-refractivity contribution in [1.29, 1.82) is 5.26 Å². The van der Waals surface area contributed by atoms with Gasteiger partial charge in [0, 0.05) is 19.0 Å². The maximum absolute atomic E-state index is 12.3. The van der Waals surface area contributed by atoms with Crippen molar-refractivity contribution in [3.63, 3.8) is 0 Å². The van der Waals surface area contributed by atoms with Crippen molar-refractivity contribution >= 4 is 12.1 Å². The summed E-state index contributed by atoms with van der Waals surface area (Å²) in [4.78, 5) is 26.0. The zero-order valence-electron chi connectivity index (χ0n) is 15.3. The Balaban J connectivity index is 2.17. The van der Waals surface area contributed by atoms with E-state index < -0.39 is 12.0 Å². The van der Waals surface area contributed by atoms with Crippen LogP contribution in [0.2, 0.25) is 0 Å². The van der Waals surface area contributed by atoms with Crippen molar-refractivity contribution in [2.45, 2.75) is 19.8 Å². The van der Waals surface area contributed by atoms with Gasteiger partial charge in [-0.25, -0.2) is 4.79 Å². The molecule has 0 bridgehead atoms. The highest BCUT2D eigenvalue weighted by Crippen LogP contribution is 2.35. The average molecular weight is 360 g/mol. The molecular weight excluding hydrogens is 336 g/mol. The van der Waals surface area contributed by atoms with Gasteiger partial charge in [0.25, 0.3) is 0 Å². The van der Waals surface area contributed by atoms with Gasteiger partial charge in [0.05, 0.1) is 19.6 Å². The minimum atomic E-state index is -0.474. The Morgan fingerprint density at radius 1 is 1.35 bits per heavy atom. The van der Waals surface area contributed by atoms with E-state index in [0.717, 1.165) is 5.56 Å². The second-order valence-electron chi connectivity index (χ2n) is 6.63. The van der Waals surface area contributed by atoms with Gasteiger partial charge in [-0.05, 0) is 23.6 Å². The van der Waals surface area contributed by atoms with Crippen molar-refractivity contribution in [2.24, 2.45) is 11.8 Å². The predicted molar refractivity (Wildman–Crippen MR) is 93.6 cm³/mol. The molecule has 0 saturated carbocycles. The summed E-state index contributed by atoms with van der Waals surface area (Å²) in [5, 5.41) is 8.65. The van der Waals surface area contributed by atoms with Gasteiger partial charge in [-0.3, -0.25) is 4.79 Å². The summed E-state index contributed by atoms with van der Waals surface area (Å²) < 4.78 is 15.5. The summed E-state index contributed by atoms with van der Waals surface area (Å²) in [6.45, 7) is 4.81. The zero-order valence-corrected chi connectivity index (χ0v) is 15.3. The number of hydrogen-bond acceptors (Lipinski definition) is 6. The molecule has 0 spiro atoms. The second kappa shape index (κ2) is 9.09. The van der Waals surface area contributed by atoms with Crippen molar-refractivity contribution in [2.75, 3.05) is 33.4 Å². The summed E-state index contributed by atoms with van der Waals surface area (Å²) in [7, 11) is 1.34. The molecule has 7 heteroatoms. The quantitative estimate of drug-likeness (QED) is 0.725. The first-order chi connectivity index (χ1) is 12.5. The molecule has 0 radical (unpaired) electrons. The van der Waals surface area contributed by atoms with E-state index in [1.165, 1.54) is 12.0 Å². The van der Waals surface area contributed by atoms with Crippen molar-refractivity contribution in [3.8, 4) is 11.8 Å². The largest absolute Gasteiger partial charge is 0.479 e. The Labute approximate surface area is 153 Å². The Morgan fingerprint density at radius 2 is 2.12 bits per heavy atom. The lowest BCUT2D eigenvalue weighted by Crippen LogP contribution is -2.31. The van der Waals surface area contributed by atoms with Gasteiger partial charge in [-0.1, -0.05) is 26.0 Å². The fourth-order valence-electron chi connectivity index (χ4n) is 2.96. The van der Waals surface area contributed by atoms with Crippen LogP contribution in [-0.4, -0.2) is 50.4 Å². The number of hydrogen-bond donors (Lipinski definition) is 0. The first kappa shape index (κ1) is 19.6. The lowest BCUT2D eigenvalue weighted by atomic mass is 9.89. The molecule has 1 aromatic rings. The number of likely N-dealkylation sites (tertiary alicyclic amines) is 1. The smallest absolute Gasteiger partial charge is 0.409 e. The summed E-state index contributed by atoms with van der Waals surface area (Å²) in [5.41, 5.74) is 0.856. The molecule has 7 nitrogen and oxygen atoms in total. The summed E-state index contributed by atoms with van der Waals surface area (Å²) >= 11 is 0. The molecule has 26 heavy (non-hydrogen) atoms. The van der Waals surface area contributed by atoms with Crippen LogP contribution < -0.4 is 4.74 Å². The lowest BCUT2D eigenvalue weighted by molar-refractivity contribution is -0.145. The number of benzene rings is 1. The maximum atomic E-state index is 12.3. The van der Waals surface area contributed by atoms with Gasteiger partial charge in [0.1, 0.15) is 11.8 Å². The van der Waals surface area contributed by atoms with E-state index in [1.54, 1.807) is 18.2 Å². The number of methoxy groups -OCH3 is 1. The molecular formula is C19H24N2O5. The van der Waals surface area contributed by atoms with Gasteiger partial charge < -0.3 is 19.1 Å². The number of carbonyl (C=O) groups excluding carboxylic acids is 2. The number of rotatable bonds is 6. The molecule has 1 unspecified atom stereocenters. The van der Waals surface area contributed by atoms with Gasteiger partial charge in [0.2, 0.25) is 0 Å². The molecule has 140 valence electrons. The van der Waals surface area contributed by atoms with E-state index in [1.807, 2.05) is 26.0 Å². The average Bonchev–Trinajstić information content (AvgIpc) is 3.09. The third-order valence-corrected chi connectivity index (χ3v) is 4.21. The first-order valence-electron chi connectivity index (χ1n) is 8.55. The van der Waals surface area contributed by atoms with E-state index in [-0.39, 0.29) is 31.0 Å². The Morgan fingerprint density at radius 3 is 2.77 bits per heavy atom. The molecule has 1 aliphatic rings. The molecule has 1 heterocycles. The monoisotopic (exact) mass is 360 g/mol. The second-order valence-corrected chi connectivity index (χ2v) is 6.63. The minimum Gasteiger partial charge on any atom is -0.479 e. The molecule has 2 atom stereocenters. The minimum absolute atomic E-state index is 0.0534. The number of nitrogens with zero attached hydrogens (tertiary/aromatic N) is 2. The molecule has 1 amide bonds. The number of nitriles is 1. The molecule has 1 fully saturated rings. The Bertz CT molecular complexity index is 683. The molecule has 1 saturated heterocycles. The highest BCUT2D eigenvalue weighted by molar-refractivity contribution is 5.77. The van der Waals surface area contributed by atoms with Crippen molar-refractivity contribution in [1.82, 2.24) is 4.90 Å². The predicted octanol–water partition coefficient (Wildman–Crippen LogP) is 2.57. The normalized spacial score (nSPS) is 19.1. The number of ether oxygens (including phenoxy) is 3. The van der Waals surface area contributed by atoms with Crippen LogP contribution in [0.3, 0.4) is 0 Å². The molecule has 0 aliphatic carbocycles. The molecule has 0 aromatic heterocycles. The molecule has 1 aromatic carbocycles. The Kier molecular flexibility index (Phi) is 6.84. The standard InChI is InChI=1S/C19H24N2O5/c1-13(2)12-26-19(23)21-10-16(17(11-21)18(22)24-3)14-5-4-6-15(9-14)25-8-7-20/h4-6,9,13,16-17H,8,10-12H2,1-3H3/t16-,17?/m0/s1. The van der Waals surface area contributed by atoms with E-state index in [0.29, 0.717) is 18.9 Å². The molecule has 2 rings (SSSR count). The number of amides is 1. The number of esters is 1. The van der Waals surface area contributed by atoms with Gasteiger partial charge in [-0.2, -0.15) is 5.26 Å². The highest BCUT2D eigenvalue weighted by atomic mass is 16.6. The van der Waals surface area contributed by atoms with E-state index in [2.05, 4.69) is 0 Å². The summed E-state index contributed by atoms with van der Waals surface area (Å²) in [6, 6.07) is 9.14. The van der Waals surface area contributed by atoms with Crippen molar-refractivity contribution < 1.29 is 23.8 Å². The third kappa shape index (κ3) is 4.88. The van der Waals surface area contributed by atoms with Crippen LogP contribution in [0.25, 0.3) is 0 Å². The van der Waals surface area contributed by atoms with Crippen LogP contribution in [-0.2, 0) is 14.3 Å². The lowest BCUT2D eigenvalue weighted by Gasteiger charge is -2.17. The summed E-state index contributed by atoms with van der Waals surface area (Å²) in [6.07, 6.45) is -0.424. The van der Waals surface area contributed by atoms with E-state index >= 15 is 0 Å². The van der Waals surface area contributed by atoms with Crippen LogP contribution in [0.15, 0.2) is 24.3 Å². The fraction of sp³-hybridized carbons (Fsp3) is 0.526. The van der Waals surface area contributed by atoms with Crippen LogP contribution in [0.4, 0.5) is 4.79 Å². The first-order valence-corrected chi connectivity index (χ1v) is 8.55. The SMILES string of the molecule is COC(=O)C1CN(C(=O)OCC(C)C)C[C@H]1c1cccc(OCC#N)c1. The van der Waals surface area contributed by atoms with E-state index in [9.17, 15) is 9.59 Å². The summed E-state index contributed by atoms with van der Waals surface area (Å²) in [5.74, 6) is -0.272. The third-order valence-electron chi connectivity index (χ3n) is 4.21.